The highest BCUT2D eigenvalue weighted by molar-refractivity contribution is 6.46. The van der Waals surface area contributed by atoms with Gasteiger partial charge in [-0.05, 0) is 60.9 Å². The van der Waals surface area contributed by atoms with Gasteiger partial charge in [-0.1, -0.05) is 55.3 Å². The van der Waals surface area contributed by atoms with Crippen LogP contribution in [0.3, 0.4) is 0 Å². The van der Waals surface area contributed by atoms with E-state index in [1.165, 1.54) is 12.0 Å². The molecule has 1 atom stereocenters. The summed E-state index contributed by atoms with van der Waals surface area (Å²) in [6.07, 6.45) is 1.99. The van der Waals surface area contributed by atoms with Gasteiger partial charge < -0.3 is 24.2 Å². The smallest absolute Gasteiger partial charge is 0.295 e. The van der Waals surface area contributed by atoms with Crippen molar-refractivity contribution in [2.75, 3.05) is 26.9 Å². The molecule has 1 aliphatic rings. The SMILES string of the molecule is CCCCOc1ccc(C2/C(=C(\O)c3ccc(OCc4cccc(C)c4)cc3)C(=O)C(=O)N2CCOC)cc1. The van der Waals surface area contributed by atoms with Crippen molar-refractivity contribution in [1.82, 2.24) is 4.90 Å². The van der Waals surface area contributed by atoms with Crippen LogP contribution in [0.1, 0.15) is 48.1 Å². The fraction of sp³-hybridized carbons (Fsp3) is 0.312. The molecule has 1 heterocycles. The van der Waals surface area contributed by atoms with Crippen molar-refractivity contribution in [3.63, 3.8) is 0 Å². The number of nitrogens with zero attached hydrogens (tertiary/aromatic N) is 1. The fourth-order valence-corrected chi connectivity index (χ4v) is 4.56. The van der Waals surface area contributed by atoms with Crippen molar-refractivity contribution in [3.05, 3.63) is 101 Å². The summed E-state index contributed by atoms with van der Waals surface area (Å²) >= 11 is 0. The topological polar surface area (TPSA) is 85.3 Å². The number of carbonyl (C=O) groups is 2. The number of amides is 1. The lowest BCUT2D eigenvalue weighted by Crippen LogP contribution is -2.32. The van der Waals surface area contributed by atoms with Crippen molar-refractivity contribution in [2.45, 2.75) is 39.3 Å². The molecule has 3 aromatic rings. The molecule has 4 rings (SSSR count). The summed E-state index contributed by atoms with van der Waals surface area (Å²) in [7, 11) is 1.54. The maximum Gasteiger partial charge on any atom is 0.295 e. The number of carbonyl (C=O) groups excluding carboxylic acids is 2. The Morgan fingerprint density at radius 1 is 0.923 bits per heavy atom. The third-order valence-corrected chi connectivity index (χ3v) is 6.65. The highest BCUT2D eigenvalue weighted by atomic mass is 16.5. The van der Waals surface area contributed by atoms with E-state index in [9.17, 15) is 14.7 Å². The Bertz CT molecular complexity index is 1310. The molecule has 1 fully saturated rings. The maximum atomic E-state index is 13.2. The van der Waals surface area contributed by atoms with Gasteiger partial charge in [0.05, 0.1) is 24.8 Å². The largest absolute Gasteiger partial charge is 0.507 e. The van der Waals surface area contributed by atoms with Crippen LogP contribution in [0.15, 0.2) is 78.4 Å². The lowest BCUT2D eigenvalue weighted by molar-refractivity contribution is -0.140. The minimum atomic E-state index is -0.748. The standard InChI is InChI=1S/C32H35NO6/c1-4-5-18-38-26-13-9-24(10-14-26)29-28(31(35)32(36)33(29)17-19-37-3)30(34)25-11-15-27(16-12-25)39-21-23-8-6-7-22(2)20-23/h6-16,20,29,34H,4-5,17-19,21H2,1-3H3/b30-28+. The number of ketones is 1. The van der Waals surface area contributed by atoms with Gasteiger partial charge in [-0.15, -0.1) is 0 Å². The summed E-state index contributed by atoms with van der Waals surface area (Å²) in [5, 5.41) is 11.3. The van der Waals surface area contributed by atoms with E-state index in [0.717, 1.165) is 24.0 Å². The third kappa shape index (κ3) is 6.67. The number of Topliss-reactive ketones (excluding diaryl/α,β-unsaturated/α-hetero) is 1. The Hall–Kier alpha value is -4.10. The lowest BCUT2D eigenvalue weighted by atomic mass is 9.95. The van der Waals surface area contributed by atoms with Crippen molar-refractivity contribution < 1.29 is 28.9 Å². The van der Waals surface area contributed by atoms with Crippen molar-refractivity contribution in [1.29, 1.82) is 0 Å². The Morgan fingerprint density at radius 2 is 1.62 bits per heavy atom. The molecule has 7 nitrogen and oxygen atoms in total. The molecule has 1 amide bonds. The number of aryl methyl sites for hydroxylation is 1. The zero-order valence-corrected chi connectivity index (χ0v) is 22.7. The number of aliphatic hydroxyl groups is 1. The Labute approximate surface area is 229 Å². The fourth-order valence-electron chi connectivity index (χ4n) is 4.56. The molecule has 0 aromatic heterocycles. The summed E-state index contributed by atoms with van der Waals surface area (Å²) < 4.78 is 16.8. The number of likely N-dealkylation sites (tertiary alicyclic amines) is 1. The molecule has 0 saturated carbocycles. The van der Waals surface area contributed by atoms with E-state index in [4.69, 9.17) is 14.2 Å². The van der Waals surface area contributed by atoms with Crippen LogP contribution < -0.4 is 9.47 Å². The number of hydrogen-bond acceptors (Lipinski definition) is 6. The first-order chi connectivity index (χ1) is 18.9. The molecule has 39 heavy (non-hydrogen) atoms. The van der Waals surface area contributed by atoms with E-state index >= 15 is 0 Å². The summed E-state index contributed by atoms with van der Waals surface area (Å²) in [6, 6.07) is 21.5. The highest BCUT2D eigenvalue weighted by Crippen LogP contribution is 2.39. The summed E-state index contributed by atoms with van der Waals surface area (Å²) in [6.45, 7) is 5.63. The molecule has 1 N–H and O–H groups in total. The number of rotatable bonds is 12. The number of ether oxygens (including phenoxy) is 3. The lowest BCUT2D eigenvalue weighted by Gasteiger charge is -2.25. The van der Waals surface area contributed by atoms with Gasteiger partial charge >= 0.3 is 0 Å². The molecule has 0 radical (unpaired) electrons. The van der Waals surface area contributed by atoms with Gasteiger partial charge in [0.15, 0.2) is 0 Å². The number of hydrogen-bond donors (Lipinski definition) is 1. The van der Waals surface area contributed by atoms with E-state index in [2.05, 4.69) is 13.0 Å². The predicted molar refractivity (Wildman–Crippen MR) is 150 cm³/mol. The van der Waals surface area contributed by atoms with Gasteiger partial charge in [-0.3, -0.25) is 9.59 Å². The molecule has 0 bridgehead atoms. The summed E-state index contributed by atoms with van der Waals surface area (Å²) in [5.74, 6) is -0.283. The van der Waals surface area contributed by atoms with Gasteiger partial charge in [0.1, 0.15) is 23.9 Å². The van der Waals surface area contributed by atoms with Crippen LogP contribution >= 0.6 is 0 Å². The maximum absolute atomic E-state index is 13.2. The average Bonchev–Trinajstić information content (AvgIpc) is 3.20. The molecule has 0 spiro atoms. The van der Waals surface area contributed by atoms with Crippen LogP contribution in [-0.4, -0.2) is 48.6 Å². The molecule has 7 heteroatoms. The molecule has 3 aromatic carbocycles. The third-order valence-electron chi connectivity index (χ3n) is 6.65. The second kappa shape index (κ2) is 13.1. The number of methoxy groups -OCH3 is 1. The second-order valence-corrected chi connectivity index (χ2v) is 9.56. The van der Waals surface area contributed by atoms with Crippen LogP contribution in [0.5, 0.6) is 11.5 Å². The normalized spacial score (nSPS) is 16.5. The molecule has 1 saturated heterocycles. The van der Waals surface area contributed by atoms with E-state index in [-0.39, 0.29) is 24.5 Å². The van der Waals surface area contributed by atoms with Crippen LogP contribution in [0.2, 0.25) is 0 Å². The highest BCUT2D eigenvalue weighted by Gasteiger charge is 2.45. The quantitative estimate of drug-likeness (QED) is 0.138. The van der Waals surface area contributed by atoms with Crippen molar-refractivity contribution in [2.24, 2.45) is 0 Å². The Kier molecular flexibility index (Phi) is 9.39. The molecule has 0 aliphatic carbocycles. The van der Waals surface area contributed by atoms with E-state index < -0.39 is 17.7 Å². The molecular weight excluding hydrogens is 494 g/mol. The number of unbranched alkanes of at least 4 members (excludes halogenated alkanes) is 1. The van der Waals surface area contributed by atoms with Crippen molar-refractivity contribution in [3.8, 4) is 11.5 Å². The van der Waals surface area contributed by atoms with Gasteiger partial charge in [-0.25, -0.2) is 0 Å². The van der Waals surface area contributed by atoms with Crippen LogP contribution in [-0.2, 0) is 20.9 Å². The minimum absolute atomic E-state index is 0.0455. The Morgan fingerprint density at radius 3 is 2.28 bits per heavy atom. The summed E-state index contributed by atoms with van der Waals surface area (Å²) in [4.78, 5) is 27.6. The number of benzene rings is 3. The Balaban J connectivity index is 1.60. The molecule has 1 unspecified atom stereocenters. The monoisotopic (exact) mass is 529 g/mol. The average molecular weight is 530 g/mol. The zero-order chi connectivity index (χ0) is 27.8. The van der Waals surface area contributed by atoms with E-state index in [0.29, 0.717) is 35.8 Å². The van der Waals surface area contributed by atoms with E-state index in [1.54, 1.807) is 24.3 Å². The van der Waals surface area contributed by atoms with Crippen molar-refractivity contribution >= 4 is 17.4 Å². The first-order valence-corrected chi connectivity index (χ1v) is 13.2. The zero-order valence-electron chi connectivity index (χ0n) is 22.7. The van der Waals surface area contributed by atoms with Gasteiger partial charge in [0.25, 0.3) is 11.7 Å². The van der Waals surface area contributed by atoms with Crippen LogP contribution in [0.4, 0.5) is 0 Å². The van der Waals surface area contributed by atoms with Crippen LogP contribution in [0, 0.1) is 6.92 Å². The second-order valence-electron chi connectivity index (χ2n) is 9.56. The minimum Gasteiger partial charge on any atom is -0.507 e. The molecule has 204 valence electrons. The van der Waals surface area contributed by atoms with Gasteiger partial charge in [0.2, 0.25) is 0 Å². The first-order valence-electron chi connectivity index (χ1n) is 13.2. The summed E-state index contributed by atoms with van der Waals surface area (Å²) in [5.41, 5.74) is 3.38. The van der Waals surface area contributed by atoms with Gasteiger partial charge in [-0.2, -0.15) is 0 Å². The molecular formula is C32H35NO6. The van der Waals surface area contributed by atoms with E-state index in [1.807, 2.05) is 49.4 Å². The number of aliphatic hydroxyl groups excluding tert-OH is 1. The van der Waals surface area contributed by atoms with Gasteiger partial charge in [0, 0.05) is 19.2 Å². The van der Waals surface area contributed by atoms with Crippen LogP contribution in [0.25, 0.3) is 5.76 Å². The first kappa shape index (κ1) is 27.9. The predicted octanol–water partition coefficient (Wildman–Crippen LogP) is 5.82. The molecule has 1 aliphatic heterocycles.